The molecule has 2 aromatic rings. The number of benzene rings is 1. The molecule has 0 saturated heterocycles. The predicted octanol–water partition coefficient (Wildman–Crippen LogP) is 2.75. The average Bonchev–Trinajstić information content (AvgIpc) is 2.28. The van der Waals surface area contributed by atoms with Gasteiger partial charge in [-0.05, 0) is 25.1 Å². The number of hydrogen-bond acceptors (Lipinski definition) is 2. The maximum Gasteiger partial charge on any atom is 0.251 e. The van der Waals surface area contributed by atoms with Crippen LogP contribution in [0.15, 0.2) is 48.6 Å². The van der Waals surface area contributed by atoms with Crippen LogP contribution in [0, 0.1) is 0 Å². The van der Waals surface area contributed by atoms with E-state index in [1.54, 1.807) is 13.0 Å². The van der Waals surface area contributed by atoms with Gasteiger partial charge < -0.3 is 5.32 Å². The molecule has 1 amide bonds. The van der Waals surface area contributed by atoms with Gasteiger partial charge in [-0.25, -0.2) is 4.98 Å². The summed E-state index contributed by atoms with van der Waals surface area (Å²) in [4.78, 5) is 15.7. The van der Waals surface area contributed by atoms with E-state index in [9.17, 15) is 4.79 Å². The second kappa shape index (κ2) is 4.14. The van der Waals surface area contributed by atoms with Gasteiger partial charge in [0.15, 0.2) is 0 Å². The van der Waals surface area contributed by atoms with Crippen LogP contribution in [0.4, 0.5) is 5.82 Å². The molecule has 0 bridgehead atoms. The van der Waals surface area contributed by atoms with Crippen molar-refractivity contribution in [2.24, 2.45) is 0 Å². The van der Waals surface area contributed by atoms with Gasteiger partial charge in [0.25, 0.3) is 5.91 Å². The molecule has 0 radical (unpaired) electrons. The maximum absolute atomic E-state index is 11.4. The second-order valence-electron chi connectivity index (χ2n) is 3.62. The molecule has 0 fully saturated rings. The fourth-order valence-corrected chi connectivity index (χ4v) is 1.36. The lowest BCUT2D eigenvalue weighted by atomic mass is 10.2. The molecule has 3 nitrogen and oxygen atoms in total. The molecule has 0 spiro atoms. The van der Waals surface area contributed by atoms with Crippen LogP contribution in [-0.4, -0.2) is 10.9 Å². The number of carbonyl (C=O) groups excluding carboxylic acids is 1. The Morgan fingerprint density at radius 1 is 1.25 bits per heavy atom. The van der Waals surface area contributed by atoms with E-state index in [1.165, 1.54) is 0 Å². The van der Waals surface area contributed by atoms with Crippen LogP contribution in [0.25, 0.3) is 10.9 Å². The topological polar surface area (TPSA) is 42.0 Å². The molecule has 1 aromatic carbocycles. The van der Waals surface area contributed by atoms with Gasteiger partial charge in [0.2, 0.25) is 0 Å². The second-order valence-corrected chi connectivity index (χ2v) is 3.62. The zero-order chi connectivity index (χ0) is 11.5. The number of pyridine rings is 1. The molecule has 2 rings (SSSR count). The highest BCUT2D eigenvalue weighted by Gasteiger charge is 2.03. The summed E-state index contributed by atoms with van der Waals surface area (Å²) in [6.45, 7) is 5.24. The van der Waals surface area contributed by atoms with Crippen molar-refractivity contribution in [1.82, 2.24) is 4.98 Å². The lowest BCUT2D eigenvalue weighted by Crippen LogP contribution is -2.12. The van der Waals surface area contributed by atoms with Crippen molar-refractivity contribution in [3.8, 4) is 0 Å². The molecular weight excluding hydrogens is 200 g/mol. The van der Waals surface area contributed by atoms with E-state index in [0.717, 1.165) is 10.9 Å². The van der Waals surface area contributed by atoms with Gasteiger partial charge in [0, 0.05) is 11.0 Å². The largest absolute Gasteiger partial charge is 0.307 e. The molecule has 0 atom stereocenters. The van der Waals surface area contributed by atoms with Crippen molar-refractivity contribution in [2.75, 3.05) is 5.32 Å². The Kier molecular flexibility index (Phi) is 2.68. The quantitative estimate of drug-likeness (QED) is 0.778. The Morgan fingerprint density at radius 3 is 2.75 bits per heavy atom. The van der Waals surface area contributed by atoms with Gasteiger partial charge in [-0.2, -0.15) is 0 Å². The summed E-state index contributed by atoms with van der Waals surface area (Å²) in [5.41, 5.74) is 1.33. The Bertz CT molecular complexity index is 561. The van der Waals surface area contributed by atoms with Crippen molar-refractivity contribution in [1.29, 1.82) is 0 Å². The molecule has 0 aliphatic carbocycles. The first kappa shape index (κ1) is 10.4. The first-order valence-electron chi connectivity index (χ1n) is 4.99. The number of nitrogens with one attached hydrogen (secondary N) is 1. The molecule has 0 aliphatic heterocycles. The highest BCUT2D eigenvalue weighted by Crippen LogP contribution is 2.14. The van der Waals surface area contributed by atoms with Crippen LogP contribution in [0.2, 0.25) is 0 Å². The third-order valence-electron chi connectivity index (χ3n) is 2.23. The van der Waals surface area contributed by atoms with Crippen LogP contribution in [-0.2, 0) is 4.79 Å². The zero-order valence-electron chi connectivity index (χ0n) is 9.03. The Labute approximate surface area is 93.8 Å². The highest BCUT2D eigenvalue weighted by atomic mass is 16.1. The molecule has 80 valence electrons. The summed E-state index contributed by atoms with van der Waals surface area (Å²) in [6.07, 6.45) is 0. The van der Waals surface area contributed by atoms with Crippen LogP contribution < -0.4 is 5.32 Å². The summed E-state index contributed by atoms with van der Waals surface area (Å²) in [5, 5.41) is 3.74. The molecule has 1 N–H and O–H groups in total. The van der Waals surface area contributed by atoms with Crippen LogP contribution in [0.1, 0.15) is 6.92 Å². The third-order valence-corrected chi connectivity index (χ3v) is 2.23. The minimum atomic E-state index is -0.206. The van der Waals surface area contributed by atoms with Crippen LogP contribution >= 0.6 is 0 Å². The van der Waals surface area contributed by atoms with Crippen molar-refractivity contribution < 1.29 is 4.79 Å². The van der Waals surface area contributed by atoms with Crippen LogP contribution in [0.3, 0.4) is 0 Å². The number of nitrogens with zero attached hydrogens (tertiary/aromatic N) is 1. The van der Waals surface area contributed by atoms with E-state index in [4.69, 9.17) is 0 Å². The summed E-state index contributed by atoms with van der Waals surface area (Å²) in [7, 11) is 0. The fourth-order valence-electron chi connectivity index (χ4n) is 1.36. The van der Waals surface area contributed by atoms with Crippen molar-refractivity contribution in [2.45, 2.75) is 6.92 Å². The van der Waals surface area contributed by atoms with Gasteiger partial charge in [0.05, 0.1) is 5.52 Å². The van der Waals surface area contributed by atoms with Crippen molar-refractivity contribution >= 4 is 22.6 Å². The number of hydrogen-bond donors (Lipinski definition) is 1. The van der Waals surface area contributed by atoms with Crippen molar-refractivity contribution in [3.63, 3.8) is 0 Å². The molecule has 16 heavy (non-hydrogen) atoms. The van der Waals surface area contributed by atoms with Gasteiger partial charge in [-0.3, -0.25) is 4.79 Å². The van der Waals surface area contributed by atoms with Gasteiger partial charge >= 0.3 is 0 Å². The lowest BCUT2D eigenvalue weighted by molar-refractivity contribution is -0.112. The fraction of sp³-hybridized carbons (Fsp3) is 0.0769. The molecule has 1 heterocycles. The first-order valence-corrected chi connectivity index (χ1v) is 4.99. The maximum atomic E-state index is 11.4. The molecule has 0 aliphatic rings. The minimum Gasteiger partial charge on any atom is -0.307 e. The number of carbonyl (C=O) groups is 1. The van der Waals surface area contributed by atoms with E-state index in [0.29, 0.717) is 11.4 Å². The number of anilines is 1. The highest BCUT2D eigenvalue weighted by molar-refractivity contribution is 6.02. The standard InChI is InChI=1S/C13H12N2O/c1-9(2)13(16)15-12-8-7-10-5-3-4-6-11(10)14-12/h3-8H,1H2,2H3,(H,14,15,16). The number of rotatable bonds is 2. The summed E-state index contributed by atoms with van der Waals surface area (Å²) in [6, 6.07) is 11.5. The Morgan fingerprint density at radius 2 is 2.00 bits per heavy atom. The molecule has 3 heteroatoms. The monoisotopic (exact) mass is 212 g/mol. The summed E-state index contributed by atoms with van der Waals surface area (Å²) >= 11 is 0. The lowest BCUT2D eigenvalue weighted by Gasteiger charge is -2.04. The molecule has 0 unspecified atom stereocenters. The first-order chi connectivity index (χ1) is 7.66. The average molecular weight is 212 g/mol. The van der Waals surface area contributed by atoms with E-state index in [1.807, 2.05) is 30.3 Å². The predicted molar refractivity (Wildman–Crippen MR) is 65.2 cm³/mol. The van der Waals surface area contributed by atoms with E-state index in [-0.39, 0.29) is 5.91 Å². The van der Waals surface area contributed by atoms with Gasteiger partial charge in [0.1, 0.15) is 5.82 Å². The minimum absolute atomic E-state index is 0.206. The van der Waals surface area contributed by atoms with E-state index < -0.39 is 0 Å². The number of amides is 1. The molecule has 1 aromatic heterocycles. The molecule has 0 saturated carbocycles. The molecular formula is C13H12N2O. The normalized spacial score (nSPS) is 10.1. The van der Waals surface area contributed by atoms with E-state index >= 15 is 0 Å². The van der Waals surface area contributed by atoms with E-state index in [2.05, 4.69) is 16.9 Å². The smallest absolute Gasteiger partial charge is 0.251 e. The summed E-state index contributed by atoms with van der Waals surface area (Å²) in [5.74, 6) is 0.342. The van der Waals surface area contributed by atoms with Crippen molar-refractivity contribution in [3.05, 3.63) is 48.6 Å². The third kappa shape index (κ3) is 2.08. The van der Waals surface area contributed by atoms with Gasteiger partial charge in [-0.15, -0.1) is 0 Å². The van der Waals surface area contributed by atoms with Gasteiger partial charge in [-0.1, -0.05) is 24.8 Å². The Balaban J connectivity index is 2.33. The SMILES string of the molecule is C=C(C)C(=O)Nc1ccc2ccccc2n1. The zero-order valence-corrected chi connectivity index (χ0v) is 9.03. The summed E-state index contributed by atoms with van der Waals surface area (Å²) < 4.78 is 0. The number of aromatic nitrogens is 1. The van der Waals surface area contributed by atoms with Crippen LogP contribution in [0.5, 0.6) is 0 Å². The number of fused-ring (bicyclic) bond motifs is 1. The number of para-hydroxylation sites is 1. The Hall–Kier alpha value is -2.16.